The highest BCUT2D eigenvalue weighted by Gasteiger charge is 2.15. The quantitative estimate of drug-likeness (QED) is 0.0534. The van der Waals surface area contributed by atoms with Gasteiger partial charge >= 0.3 is 0 Å². The van der Waals surface area contributed by atoms with E-state index in [0.717, 1.165) is 40.4 Å². The lowest BCUT2D eigenvalue weighted by Crippen LogP contribution is -2.33. The van der Waals surface area contributed by atoms with Crippen LogP contribution in [0.5, 0.6) is 23.0 Å². The molecule has 0 aliphatic heterocycles. The summed E-state index contributed by atoms with van der Waals surface area (Å²) in [6.45, 7) is 4.13. The molecule has 11 nitrogen and oxygen atoms in total. The van der Waals surface area contributed by atoms with Crippen LogP contribution in [0.25, 0.3) is 21.8 Å². The van der Waals surface area contributed by atoms with Gasteiger partial charge in [-0.3, -0.25) is 4.79 Å². The number of benzene rings is 5. The van der Waals surface area contributed by atoms with Gasteiger partial charge in [0.25, 0.3) is 5.91 Å². The van der Waals surface area contributed by atoms with Gasteiger partial charge in [0, 0.05) is 42.0 Å². The molecule has 3 atom stereocenters. The molecular weight excluding hydrogens is 684 g/mol. The van der Waals surface area contributed by atoms with Gasteiger partial charge < -0.3 is 50.9 Å². The van der Waals surface area contributed by atoms with E-state index in [0.29, 0.717) is 43.3 Å². The van der Waals surface area contributed by atoms with Crippen molar-refractivity contribution in [2.75, 3.05) is 40.0 Å². The number of amides is 1. The van der Waals surface area contributed by atoms with Gasteiger partial charge in [-0.15, -0.1) is 0 Å². The van der Waals surface area contributed by atoms with Crippen molar-refractivity contribution in [1.82, 2.24) is 15.6 Å². The number of aromatic nitrogens is 1. The summed E-state index contributed by atoms with van der Waals surface area (Å²) in [5.74, 6) is 1.28. The number of ether oxygens (including phenoxy) is 3. The summed E-state index contributed by atoms with van der Waals surface area (Å²) >= 11 is 0. The number of para-hydroxylation sites is 3. The van der Waals surface area contributed by atoms with Crippen molar-refractivity contribution in [1.29, 1.82) is 0 Å². The van der Waals surface area contributed by atoms with E-state index in [4.69, 9.17) is 19.9 Å². The van der Waals surface area contributed by atoms with Crippen LogP contribution in [-0.4, -0.2) is 78.3 Å². The maximum Gasteiger partial charge on any atom is 0.252 e. The van der Waals surface area contributed by atoms with Gasteiger partial charge in [0.1, 0.15) is 30.8 Å². The van der Waals surface area contributed by atoms with Crippen molar-refractivity contribution in [2.45, 2.75) is 38.0 Å². The lowest BCUT2D eigenvalue weighted by Gasteiger charge is -2.18. The van der Waals surface area contributed by atoms with Crippen molar-refractivity contribution in [3.05, 3.63) is 132 Å². The third-order valence-electron chi connectivity index (χ3n) is 8.95. The second kappa shape index (κ2) is 20.0. The maximum absolute atomic E-state index is 11.2. The van der Waals surface area contributed by atoms with Crippen LogP contribution in [0.15, 0.2) is 115 Å². The van der Waals surface area contributed by atoms with Crippen LogP contribution in [-0.2, 0) is 6.42 Å². The van der Waals surface area contributed by atoms with Crippen LogP contribution in [0.4, 0.5) is 0 Å². The van der Waals surface area contributed by atoms with E-state index >= 15 is 0 Å². The lowest BCUT2D eigenvalue weighted by atomic mass is 10.0. The van der Waals surface area contributed by atoms with Crippen LogP contribution in [0.1, 0.15) is 40.9 Å². The maximum atomic E-state index is 11.2. The smallest absolute Gasteiger partial charge is 0.252 e. The van der Waals surface area contributed by atoms with Gasteiger partial charge in [-0.1, -0.05) is 72.8 Å². The van der Waals surface area contributed by atoms with E-state index in [-0.39, 0.29) is 24.0 Å². The molecule has 6 aromatic rings. The van der Waals surface area contributed by atoms with E-state index < -0.39 is 18.1 Å². The van der Waals surface area contributed by atoms with E-state index in [2.05, 4.69) is 40.7 Å². The number of nitrogens with one attached hydrogen (secondary N) is 3. The molecule has 0 spiro atoms. The van der Waals surface area contributed by atoms with E-state index in [1.165, 1.54) is 17.7 Å². The molecule has 0 radical (unpaired) electrons. The van der Waals surface area contributed by atoms with Crippen LogP contribution in [0.3, 0.4) is 0 Å². The number of carbonyl (C=O) groups is 1. The molecule has 0 aliphatic carbocycles. The van der Waals surface area contributed by atoms with Gasteiger partial charge in [-0.05, 0) is 73.4 Å². The Bertz CT molecular complexity index is 2070. The van der Waals surface area contributed by atoms with Crippen LogP contribution < -0.4 is 30.6 Å². The number of fused-ring (bicyclic) bond motifs is 3. The van der Waals surface area contributed by atoms with Crippen molar-refractivity contribution in [3.8, 4) is 23.0 Å². The number of hydrogen-bond acceptors (Lipinski definition) is 9. The monoisotopic (exact) mass is 734 g/mol. The number of aryl methyl sites for hydroxylation is 1. The number of hydrogen-bond donors (Lipinski definition) is 7. The van der Waals surface area contributed by atoms with Gasteiger partial charge in [0.2, 0.25) is 0 Å². The minimum atomic E-state index is -0.775. The van der Waals surface area contributed by atoms with Crippen molar-refractivity contribution >= 4 is 27.7 Å². The number of nitrogens with two attached hydrogens (primary N) is 1. The number of methoxy groups -OCH3 is 1. The van der Waals surface area contributed by atoms with Crippen LogP contribution in [0, 0.1) is 0 Å². The number of rotatable bonds is 18. The normalized spacial score (nSPS) is 12.7. The molecule has 284 valence electrons. The molecule has 0 aliphatic rings. The molecule has 54 heavy (non-hydrogen) atoms. The molecular formula is C43H50N4O7. The van der Waals surface area contributed by atoms with Crippen LogP contribution >= 0.6 is 0 Å². The van der Waals surface area contributed by atoms with Gasteiger partial charge in [-0.2, -0.15) is 0 Å². The average molecular weight is 735 g/mol. The Morgan fingerprint density at radius 1 is 0.815 bits per heavy atom. The molecule has 0 saturated heterocycles. The summed E-state index contributed by atoms with van der Waals surface area (Å²) in [5.41, 5.74) is 9.15. The predicted molar refractivity (Wildman–Crippen MR) is 212 cm³/mol. The molecule has 8 N–H and O–H groups in total. The number of aromatic hydroxyl groups is 1. The van der Waals surface area contributed by atoms with Gasteiger partial charge in [0.15, 0.2) is 11.5 Å². The molecule has 0 saturated carbocycles. The summed E-state index contributed by atoms with van der Waals surface area (Å²) in [7, 11) is 1.62. The topological polar surface area (TPSA) is 171 Å². The molecule has 0 fully saturated rings. The number of aliphatic hydroxyl groups excluding tert-OH is 2. The summed E-state index contributed by atoms with van der Waals surface area (Å²) in [6.07, 6.45) is 0.522. The fourth-order valence-electron chi connectivity index (χ4n) is 5.99. The molecule has 6 rings (SSSR count). The van der Waals surface area contributed by atoms with Crippen molar-refractivity contribution in [3.63, 3.8) is 0 Å². The highest BCUT2D eigenvalue weighted by Crippen LogP contribution is 2.33. The number of primary amides is 1. The van der Waals surface area contributed by atoms with E-state index in [9.17, 15) is 20.1 Å². The fraction of sp³-hybridized carbons (Fsp3) is 0.279. The SMILES string of the molecule is CC(CCc1ccccc1)NCC(O)c1ccc(O)c(C(N)=O)c1.COc1ccccc1OCCNCC(O)COc1cccc2[nH]c3ccccc3c12. The fourth-order valence-corrected chi connectivity index (χ4v) is 5.99. The summed E-state index contributed by atoms with van der Waals surface area (Å²) in [4.78, 5) is 14.6. The molecule has 3 unspecified atom stereocenters. The Hall–Kier alpha value is -5.59. The Balaban J connectivity index is 0.000000213. The number of aromatic amines is 1. The molecule has 1 aromatic heterocycles. The molecule has 1 amide bonds. The zero-order valence-corrected chi connectivity index (χ0v) is 30.7. The largest absolute Gasteiger partial charge is 0.507 e. The average Bonchev–Trinajstić information content (AvgIpc) is 3.58. The van der Waals surface area contributed by atoms with Crippen molar-refractivity contribution < 1.29 is 34.3 Å². The third-order valence-corrected chi connectivity index (χ3v) is 8.95. The summed E-state index contributed by atoms with van der Waals surface area (Å²) in [6, 6.07) is 36.5. The third kappa shape index (κ3) is 11.2. The molecule has 0 bridgehead atoms. The highest BCUT2D eigenvalue weighted by molar-refractivity contribution is 6.10. The highest BCUT2D eigenvalue weighted by atomic mass is 16.5. The number of H-pyrrole nitrogens is 1. The number of aliphatic hydroxyl groups is 2. The van der Waals surface area contributed by atoms with Crippen molar-refractivity contribution in [2.24, 2.45) is 5.73 Å². The molecule has 5 aromatic carbocycles. The van der Waals surface area contributed by atoms with Gasteiger partial charge in [0.05, 0.1) is 24.3 Å². The number of phenols is 1. The first-order valence-electron chi connectivity index (χ1n) is 18.1. The zero-order valence-electron chi connectivity index (χ0n) is 30.7. The molecule has 1 heterocycles. The second-order valence-electron chi connectivity index (χ2n) is 13.0. The Morgan fingerprint density at radius 3 is 2.30 bits per heavy atom. The minimum Gasteiger partial charge on any atom is -0.507 e. The Morgan fingerprint density at radius 2 is 1.52 bits per heavy atom. The Kier molecular flexibility index (Phi) is 14.7. The van der Waals surface area contributed by atoms with E-state index in [1.54, 1.807) is 13.2 Å². The zero-order chi connectivity index (χ0) is 38.3. The standard InChI is InChI=1S/C24H26N2O4.C19H24N2O3/c1-28-21-10-4-5-11-22(21)29-14-13-25-15-17(27)16-30-23-12-6-9-20-24(23)18-7-2-3-8-19(18)26-20;1-13(7-8-14-5-3-2-4-6-14)21-12-18(23)15-9-10-17(22)16(11-15)19(20)24/h2-12,17,25-27H,13-16H2,1H3;2-6,9-11,13,18,21-23H,7-8,12H2,1H3,(H2,20,24). The lowest BCUT2D eigenvalue weighted by molar-refractivity contribution is 0.0997. The van der Waals surface area contributed by atoms with Gasteiger partial charge in [-0.25, -0.2) is 0 Å². The minimum absolute atomic E-state index is 0.0173. The first-order valence-corrected chi connectivity index (χ1v) is 18.1. The number of carbonyl (C=O) groups excluding carboxylic acids is 1. The van der Waals surface area contributed by atoms with E-state index in [1.807, 2.05) is 78.9 Å². The predicted octanol–water partition coefficient (Wildman–Crippen LogP) is 5.87. The first-order chi connectivity index (χ1) is 26.2. The summed E-state index contributed by atoms with van der Waals surface area (Å²) < 4.78 is 16.9. The van der Waals surface area contributed by atoms with Crippen LogP contribution in [0.2, 0.25) is 0 Å². The summed E-state index contributed by atoms with van der Waals surface area (Å²) in [5, 5.41) is 38.8. The molecule has 11 heteroatoms. The second-order valence-corrected chi connectivity index (χ2v) is 13.0. The Labute approximate surface area is 315 Å². The first kappa shape index (κ1) is 39.6.